The lowest BCUT2D eigenvalue weighted by atomic mass is 9.70. The number of ether oxygens (including phenoxy) is 11. The number of aliphatic hydroxyl groups is 2. The molecule has 0 amide bonds. The van der Waals surface area contributed by atoms with Crippen LogP contribution in [0.5, 0.6) is 0 Å². The maximum Gasteiger partial charge on any atom is 0.316 e. The summed E-state index contributed by atoms with van der Waals surface area (Å²) in [7, 11) is 3.20. The van der Waals surface area contributed by atoms with Crippen LogP contribution in [0.1, 0.15) is 131 Å². The van der Waals surface area contributed by atoms with Gasteiger partial charge in [-0.3, -0.25) is 14.4 Å². The van der Waals surface area contributed by atoms with E-state index in [1.165, 1.54) is 6.42 Å². The predicted octanol–water partition coefficient (Wildman–Crippen LogP) is 7.35. The molecule has 418 valence electrons. The molecule has 0 radical (unpaired) electrons. The highest BCUT2D eigenvalue weighted by molar-refractivity contribution is 5.82. The fourth-order valence-electron chi connectivity index (χ4n) is 13.7. The van der Waals surface area contributed by atoms with E-state index >= 15 is 0 Å². The van der Waals surface area contributed by atoms with Gasteiger partial charge in [-0.15, -0.1) is 0 Å². The van der Waals surface area contributed by atoms with Crippen molar-refractivity contribution in [1.29, 1.82) is 0 Å². The van der Waals surface area contributed by atoms with E-state index in [4.69, 9.17) is 52.1 Å². The molecule has 21 atom stereocenters. The Kier molecular flexibility index (Phi) is 18.0. The summed E-state index contributed by atoms with van der Waals surface area (Å²) in [5.74, 6) is -6.22. The minimum atomic E-state index is -2.01. The number of carboxylic acid groups (broad SMARTS) is 1. The van der Waals surface area contributed by atoms with Gasteiger partial charge in [0.05, 0.1) is 61.2 Å². The minimum absolute atomic E-state index is 0.0757. The van der Waals surface area contributed by atoms with Gasteiger partial charge in [-0.05, 0) is 88.5 Å². The summed E-state index contributed by atoms with van der Waals surface area (Å²) in [6, 6.07) is 0. The fourth-order valence-corrected chi connectivity index (χ4v) is 13.7. The zero-order valence-electron chi connectivity index (χ0n) is 45.3. The largest absolute Gasteiger partial charge is 0.481 e. The summed E-state index contributed by atoms with van der Waals surface area (Å²) in [6.07, 6.45) is 14.6. The third-order valence-corrected chi connectivity index (χ3v) is 18.0. The second kappa shape index (κ2) is 24.0. The lowest BCUT2D eigenvalue weighted by Crippen LogP contribution is -2.59. The van der Waals surface area contributed by atoms with Gasteiger partial charge in [0.25, 0.3) is 0 Å². The number of methoxy groups -OCH3 is 2. The normalized spacial score (nSPS) is 46.8. The second-order valence-electron chi connectivity index (χ2n) is 23.2. The first-order valence-corrected chi connectivity index (χ1v) is 28.0. The maximum absolute atomic E-state index is 14.9. The van der Waals surface area contributed by atoms with Crippen molar-refractivity contribution in [2.24, 2.45) is 35.5 Å². The molecule has 75 heavy (non-hydrogen) atoms. The first-order valence-electron chi connectivity index (χ1n) is 28.0. The first kappa shape index (κ1) is 56.4. The van der Waals surface area contributed by atoms with Gasteiger partial charge < -0.3 is 67.4 Å². The molecule has 17 nitrogen and oxygen atoms in total. The van der Waals surface area contributed by atoms with Crippen LogP contribution >= 0.6 is 0 Å². The van der Waals surface area contributed by atoms with E-state index in [0.717, 1.165) is 31.3 Å². The number of hydrogen-bond donors (Lipinski definition) is 3. The number of carbonyl (C=O) groups is 3. The Hall–Kier alpha value is -3.33. The number of aliphatic carboxylic acids is 1. The monoisotopic (exact) mass is 1050 g/mol. The molecule has 0 aromatic rings. The molecule has 3 unspecified atom stereocenters. The van der Waals surface area contributed by atoms with Crippen LogP contribution in [0.3, 0.4) is 0 Å². The van der Waals surface area contributed by atoms with Crippen molar-refractivity contribution >= 4 is 17.9 Å². The maximum atomic E-state index is 14.9. The SMILES string of the molecule is CO[C@H]1C[C@H](O[C@H]2[C@H](C)O[C@@H](O[C@@H]3/C(C)=C/C[C@@H]4CC(C[C@]5(C=C[C@H](C)[C@@H](C6CCCCC6)O5)O4)OC(=O)[C@@H]4C=C(C)[C@@H](OC(=O)C5CCCCC5C(=O)O)[C@H]5OC/C(=C\C=C\[C@@H]3C)[C@]54O)C[C@@H]2OC)O[C@@H](C)[C@@H]1O. The molecule has 17 heteroatoms. The Morgan fingerprint density at radius 1 is 0.773 bits per heavy atom. The van der Waals surface area contributed by atoms with Crippen LogP contribution in [0.25, 0.3) is 0 Å². The molecular formula is C58H84O17. The van der Waals surface area contributed by atoms with Crippen molar-refractivity contribution in [3.8, 4) is 0 Å². The number of rotatable bonds is 10. The van der Waals surface area contributed by atoms with Crippen molar-refractivity contribution in [3.05, 3.63) is 59.3 Å². The van der Waals surface area contributed by atoms with Gasteiger partial charge in [-0.2, -0.15) is 0 Å². The average Bonchev–Trinajstić information content (AvgIpc) is 3.75. The number of hydrogen-bond acceptors (Lipinski definition) is 16. The lowest BCUT2D eigenvalue weighted by molar-refractivity contribution is -0.318. The predicted molar refractivity (Wildman–Crippen MR) is 271 cm³/mol. The van der Waals surface area contributed by atoms with Crippen molar-refractivity contribution < 1.29 is 81.8 Å². The highest BCUT2D eigenvalue weighted by Crippen LogP contribution is 2.49. The van der Waals surface area contributed by atoms with Crippen molar-refractivity contribution in [2.45, 2.75) is 229 Å². The number of carbonyl (C=O) groups excluding carboxylic acids is 2. The van der Waals surface area contributed by atoms with Crippen LogP contribution in [0.4, 0.5) is 0 Å². The summed E-state index contributed by atoms with van der Waals surface area (Å²) >= 11 is 0. The molecule has 0 aromatic heterocycles. The van der Waals surface area contributed by atoms with Crippen LogP contribution in [0, 0.1) is 35.5 Å². The zero-order chi connectivity index (χ0) is 53.3. The van der Waals surface area contributed by atoms with Gasteiger partial charge in [-0.25, -0.2) is 0 Å². The second-order valence-corrected chi connectivity index (χ2v) is 23.2. The molecule has 4 saturated heterocycles. The van der Waals surface area contributed by atoms with E-state index in [-0.39, 0.29) is 31.0 Å². The van der Waals surface area contributed by atoms with Crippen molar-refractivity contribution in [2.75, 3.05) is 20.8 Å². The molecule has 2 bridgehead atoms. The summed E-state index contributed by atoms with van der Waals surface area (Å²) in [4.78, 5) is 41.2. The fraction of sp³-hybridized carbons (Fsp3) is 0.776. The van der Waals surface area contributed by atoms with Crippen LogP contribution in [0.2, 0.25) is 0 Å². The number of fused-ring (bicyclic) bond motifs is 2. The van der Waals surface area contributed by atoms with E-state index in [9.17, 15) is 29.7 Å². The van der Waals surface area contributed by atoms with Gasteiger partial charge in [0.2, 0.25) is 0 Å². The molecule has 0 aromatic carbocycles. The summed E-state index contributed by atoms with van der Waals surface area (Å²) < 4.78 is 71.1. The Bertz CT molecular complexity index is 2180. The van der Waals surface area contributed by atoms with Crippen LogP contribution < -0.4 is 0 Å². The molecule has 3 N–H and O–H groups in total. The van der Waals surface area contributed by atoms with E-state index in [2.05, 4.69) is 19.1 Å². The van der Waals surface area contributed by atoms with Gasteiger partial charge in [-0.1, -0.05) is 82.4 Å². The quantitative estimate of drug-likeness (QED) is 0.144. The number of esters is 2. The Labute approximate surface area is 442 Å². The minimum Gasteiger partial charge on any atom is -0.481 e. The Morgan fingerprint density at radius 3 is 2.20 bits per heavy atom. The molecule has 1 spiro atoms. The van der Waals surface area contributed by atoms with Gasteiger partial charge in [0, 0.05) is 51.7 Å². The topological polar surface area (TPSA) is 213 Å². The highest BCUT2D eigenvalue weighted by atomic mass is 16.7. The smallest absolute Gasteiger partial charge is 0.316 e. The van der Waals surface area contributed by atoms with Crippen molar-refractivity contribution in [3.63, 3.8) is 0 Å². The zero-order valence-corrected chi connectivity index (χ0v) is 45.3. The van der Waals surface area contributed by atoms with Crippen LogP contribution in [-0.4, -0.2) is 151 Å². The van der Waals surface area contributed by atoms with Crippen LogP contribution in [0.15, 0.2) is 59.3 Å². The summed E-state index contributed by atoms with van der Waals surface area (Å²) in [5.41, 5.74) is -0.187. The van der Waals surface area contributed by atoms with Gasteiger partial charge in [0.15, 0.2) is 24.5 Å². The molecule has 9 rings (SSSR count). The summed E-state index contributed by atoms with van der Waals surface area (Å²) in [6.45, 7) is 11.6. The van der Waals surface area contributed by atoms with Crippen molar-refractivity contribution in [1.82, 2.24) is 0 Å². The number of aliphatic hydroxyl groups excluding tert-OH is 1. The Morgan fingerprint density at radius 2 is 1.47 bits per heavy atom. The molecule has 3 aliphatic carbocycles. The van der Waals surface area contributed by atoms with E-state index < -0.39 is 127 Å². The third-order valence-electron chi connectivity index (χ3n) is 18.0. The first-order chi connectivity index (χ1) is 35.9. The standard InChI is InChI=1S/C58H84O17/c1-31-15-14-18-38-30-67-53-51(73-55(62)42-20-13-12-19-41(42)54(60)61)34(4)25-43(58(38,53)64)56(63)70-40-26-39(74-57(29-40)24-23-33(3)50(75-57)37-16-10-9-11-17-37)22-21-32(2)49(31)71-47-28-45(66-8)52(36(6)69-47)72-46-27-44(65-7)48(59)35(5)68-46/h14-15,18,21,23-25,31,33,35-37,39-53,59,64H,9-13,16-17,19-20,22,26-30H2,1-8H3,(H,60,61)/b15-14+,32-21+,38-18+/t31-,33-,35-,36-,39+,40?,41?,42?,43-,44-,45-,46-,47-,48-,49-,50-,51+,52-,53+,57+,58+/m0/s1. The molecule has 2 saturated carbocycles. The average molecular weight is 1050 g/mol. The number of carboxylic acids is 1. The van der Waals surface area contributed by atoms with Crippen LogP contribution in [-0.2, 0) is 66.5 Å². The lowest BCUT2D eigenvalue weighted by Gasteiger charge is -2.49. The van der Waals surface area contributed by atoms with E-state index in [1.54, 1.807) is 40.2 Å². The Balaban J connectivity index is 1.03. The molecular weight excluding hydrogens is 969 g/mol. The molecule has 6 aliphatic heterocycles. The molecule has 6 fully saturated rings. The van der Waals surface area contributed by atoms with E-state index in [1.807, 2.05) is 39.0 Å². The van der Waals surface area contributed by atoms with Gasteiger partial charge in [0.1, 0.15) is 35.9 Å². The number of allylic oxidation sites excluding steroid dienone is 2. The van der Waals surface area contributed by atoms with E-state index in [0.29, 0.717) is 68.4 Å². The molecule has 9 aliphatic rings. The highest BCUT2D eigenvalue weighted by Gasteiger charge is 2.62. The summed E-state index contributed by atoms with van der Waals surface area (Å²) in [5, 5.41) is 33.8. The molecule has 6 heterocycles. The third kappa shape index (κ3) is 12.0. The van der Waals surface area contributed by atoms with Gasteiger partial charge >= 0.3 is 17.9 Å².